The average Bonchev–Trinajstić information content (AvgIpc) is 2.76. The van der Waals surface area contributed by atoms with Gasteiger partial charge < -0.3 is 20.5 Å². The van der Waals surface area contributed by atoms with Crippen molar-refractivity contribution in [1.29, 1.82) is 0 Å². The molecule has 1 fully saturated rings. The molecule has 2 amide bonds. The van der Waals surface area contributed by atoms with Gasteiger partial charge in [-0.15, -0.1) is 0 Å². The van der Waals surface area contributed by atoms with Gasteiger partial charge in [0.25, 0.3) is 0 Å². The van der Waals surface area contributed by atoms with Crippen molar-refractivity contribution in [2.24, 2.45) is 0 Å². The molecule has 0 spiro atoms. The molecule has 1 rings (SSSR count). The van der Waals surface area contributed by atoms with Crippen LogP contribution >= 0.6 is 0 Å². The van der Waals surface area contributed by atoms with Crippen LogP contribution < -0.4 is 10.6 Å². The number of carbonyl (C=O) groups is 3. The van der Waals surface area contributed by atoms with Crippen LogP contribution in [0.1, 0.15) is 12.8 Å². The molecule has 0 aromatic rings. The van der Waals surface area contributed by atoms with Gasteiger partial charge in [0, 0.05) is 6.61 Å². The summed E-state index contributed by atoms with van der Waals surface area (Å²) in [5.41, 5.74) is 0. The maximum atomic E-state index is 11.4. The molecule has 1 atom stereocenters. The molecule has 1 heterocycles. The minimum atomic E-state index is -1.13. The van der Waals surface area contributed by atoms with Crippen LogP contribution in [0.3, 0.4) is 0 Å². The molecule has 3 N–H and O–H groups in total. The van der Waals surface area contributed by atoms with Crippen LogP contribution in [-0.2, 0) is 19.1 Å². The molecule has 1 saturated heterocycles. The fraction of sp³-hybridized carbons (Fsp3) is 0.667. The molecule has 1 aliphatic heterocycles. The Kier molecular flexibility index (Phi) is 4.71. The lowest BCUT2D eigenvalue weighted by Crippen LogP contribution is -2.42. The lowest BCUT2D eigenvalue weighted by atomic mass is 10.2. The molecular weight excluding hydrogens is 216 g/mol. The number of hydrogen-bond acceptors (Lipinski definition) is 4. The third-order valence-corrected chi connectivity index (χ3v) is 2.08. The topological polar surface area (TPSA) is 105 Å². The number of carboxylic acids is 1. The first kappa shape index (κ1) is 12.4. The fourth-order valence-electron chi connectivity index (χ4n) is 1.30. The Labute approximate surface area is 92.1 Å². The van der Waals surface area contributed by atoms with E-state index in [-0.39, 0.29) is 12.5 Å². The lowest BCUT2D eigenvalue weighted by molar-refractivity contribution is -0.138. The van der Waals surface area contributed by atoms with Gasteiger partial charge in [0.1, 0.15) is 12.6 Å². The minimum absolute atomic E-state index is 0.230. The number of nitrogens with one attached hydrogen (secondary N) is 2. The monoisotopic (exact) mass is 230 g/mol. The zero-order valence-electron chi connectivity index (χ0n) is 8.69. The number of carboxylic acid groups (broad SMARTS) is 1. The minimum Gasteiger partial charge on any atom is -0.480 e. The van der Waals surface area contributed by atoms with Gasteiger partial charge in [0.05, 0.1) is 6.54 Å². The van der Waals surface area contributed by atoms with E-state index < -0.39 is 24.5 Å². The zero-order valence-corrected chi connectivity index (χ0v) is 8.69. The van der Waals surface area contributed by atoms with E-state index in [2.05, 4.69) is 10.6 Å². The number of carbonyl (C=O) groups excluding carboxylic acids is 2. The van der Waals surface area contributed by atoms with Gasteiger partial charge in [-0.1, -0.05) is 0 Å². The molecule has 0 aliphatic carbocycles. The summed E-state index contributed by atoms with van der Waals surface area (Å²) in [6.45, 7) is -0.121. The Balaban J connectivity index is 2.15. The Morgan fingerprint density at radius 2 is 2.00 bits per heavy atom. The number of rotatable bonds is 5. The Morgan fingerprint density at radius 1 is 1.25 bits per heavy atom. The van der Waals surface area contributed by atoms with E-state index in [0.717, 1.165) is 6.42 Å². The molecular formula is C9H14N2O5. The van der Waals surface area contributed by atoms with Crippen LogP contribution in [0, 0.1) is 0 Å². The molecule has 90 valence electrons. The highest BCUT2D eigenvalue weighted by atomic mass is 16.5. The summed E-state index contributed by atoms with van der Waals surface area (Å²) in [5, 5.41) is 12.8. The van der Waals surface area contributed by atoms with Crippen molar-refractivity contribution in [3.05, 3.63) is 0 Å². The number of ether oxygens (including phenoxy) is 1. The third-order valence-electron chi connectivity index (χ3n) is 2.08. The molecule has 7 nitrogen and oxygen atoms in total. The number of amides is 2. The quantitative estimate of drug-likeness (QED) is 0.532. The molecule has 0 saturated carbocycles. The first-order valence-electron chi connectivity index (χ1n) is 4.97. The van der Waals surface area contributed by atoms with Gasteiger partial charge in [-0.3, -0.25) is 14.4 Å². The van der Waals surface area contributed by atoms with Crippen molar-refractivity contribution < 1.29 is 24.2 Å². The van der Waals surface area contributed by atoms with E-state index in [0.29, 0.717) is 13.0 Å². The van der Waals surface area contributed by atoms with E-state index in [1.807, 2.05) is 0 Å². The fourth-order valence-corrected chi connectivity index (χ4v) is 1.30. The first-order chi connectivity index (χ1) is 7.59. The van der Waals surface area contributed by atoms with Crippen molar-refractivity contribution >= 4 is 17.8 Å². The highest BCUT2D eigenvalue weighted by Gasteiger charge is 2.23. The lowest BCUT2D eigenvalue weighted by Gasteiger charge is -2.09. The molecule has 0 aromatic heterocycles. The molecule has 0 aromatic carbocycles. The molecule has 1 unspecified atom stereocenters. The predicted molar refractivity (Wildman–Crippen MR) is 52.6 cm³/mol. The van der Waals surface area contributed by atoms with Gasteiger partial charge in [-0.05, 0) is 12.8 Å². The second-order valence-corrected chi connectivity index (χ2v) is 3.39. The second-order valence-electron chi connectivity index (χ2n) is 3.39. The molecule has 0 radical (unpaired) electrons. The third kappa shape index (κ3) is 4.26. The average molecular weight is 230 g/mol. The van der Waals surface area contributed by atoms with Gasteiger partial charge in [0.15, 0.2) is 0 Å². The van der Waals surface area contributed by atoms with Crippen LogP contribution in [0.5, 0.6) is 0 Å². The van der Waals surface area contributed by atoms with E-state index in [9.17, 15) is 14.4 Å². The maximum absolute atomic E-state index is 11.4. The summed E-state index contributed by atoms with van der Waals surface area (Å²) >= 11 is 0. The standard InChI is InChI=1S/C9H14N2O5/c12-7(10-5-8(13)14)4-11-9(15)6-2-1-3-16-6/h6H,1-5H2,(H,10,12)(H,11,15)(H,13,14). The summed E-state index contributed by atoms with van der Waals surface area (Å²) in [6, 6.07) is 0. The van der Waals surface area contributed by atoms with Gasteiger partial charge >= 0.3 is 5.97 Å². The van der Waals surface area contributed by atoms with Crippen molar-refractivity contribution in [1.82, 2.24) is 10.6 Å². The molecule has 7 heteroatoms. The number of hydrogen-bond donors (Lipinski definition) is 3. The van der Waals surface area contributed by atoms with E-state index in [4.69, 9.17) is 9.84 Å². The van der Waals surface area contributed by atoms with E-state index >= 15 is 0 Å². The Hall–Kier alpha value is -1.63. The molecule has 1 aliphatic rings. The second kappa shape index (κ2) is 6.06. The largest absolute Gasteiger partial charge is 0.480 e. The smallest absolute Gasteiger partial charge is 0.322 e. The van der Waals surface area contributed by atoms with Crippen LogP contribution in [0.4, 0.5) is 0 Å². The number of aliphatic carboxylic acids is 1. The van der Waals surface area contributed by atoms with Crippen LogP contribution in [0.15, 0.2) is 0 Å². The zero-order chi connectivity index (χ0) is 12.0. The summed E-state index contributed by atoms with van der Waals surface area (Å²) in [4.78, 5) is 32.5. The summed E-state index contributed by atoms with van der Waals surface area (Å²) in [5.74, 6) is -1.99. The van der Waals surface area contributed by atoms with E-state index in [1.54, 1.807) is 0 Å². The first-order valence-corrected chi connectivity index (χ1v) is 4.97. The normalized spacial score (nSPS) is 19.1. The summed E-state index contributed by atoms with van der Waals surface area (Å²) in [7, 11) is 0. The van der Waals surface area contributed by atoms with Gasteiger partial charge in [0.2, 0.25) is 11.8 Å². The summed E-state index contributed by atoms with van der Waals surface area (Å²) in [6.07, 6.45) is 1.01. The van der Waals surface area contributed by atoms with Gasteiger partial charge in [-0.25, -0.2) is 0 Å². The van der Waals surface area contributed by atoms with Crippen molar-refractivity contribution in [2.75, 3.05) is 19.7 Å². The van der Waals surface area contributed by atoms with Crippen molar-refractivity contribution in [2.45, 2.75) is 18.9 Å². The van der Waals surface area contributed by atoms with Crippen LogP contribution in [0.25, 0.3) is 0 Å². The summed E-state index contributed by atoms with van der Waals surface area (Å²) < 4.78 is 5.11. The highest BCUT2D eigenvalue weighted by Crippen LogP contribution is 2.11. The highest BCUT2D eigenvalue weighted by molar-refractivity contribution is 5.88. The van der Waals surface area contributed by atoms with Gasteiger partial charge in [-0.2, -0.15) is 0 Å². The van der Waals surface area contributed by atoms with Crippen molar-refractivity contribution in [3.63, 3.8) is 0 Å². The Morgan fingerprint density at radius 3 is 2.56 bits per heavy atom. The molecule has 0 bridgehead atoms. The Bertz CT molecular complexity index is 286. The predicted octanol–water partition coefficient (Wildman–Crippen LogP) is -1.52. The molecule has 16 heavy (non-hydrogen) atoms. The SMILES string of the molecule is O=C(O)CNC(=O)CNC(=O)C1CCCO1. The van der Waals surface area contributed by atoms with Crippen LogP contribution in [0.2, 0.25) is 0 Å². The van der Waals surface area contributed by atoms with E-state index in [1.165, 1.54) is 0 Å². The van der Waals surface area contributed by atoms with Crippen molar-refractivity contribution in [3.8, 4) is 0 Å². The van der Waals surface area contributed by atoms with Crippen LogP contribution in [-0.4, -0.2) is 48.7 Å². The maximum Gasteiger partial charge on any atom is 0.322 e.